The second-order valence-corrected chi connectivity index (χ2v) is 12.1. The third kappa shape index (κ3) is 10.0. The van der Waals surface area contributed by atoms with Crippen molar-refractivity contribution < 1.29 is 23.8 Å². The Morgan fingerprint density at radius 1 is 0.867 bits per heavy atom. The zero-order chi connectivity index (χ0) is 32.0. The van der Waals surface area contributed by atoms with Gasteiger partial charge in [0.15, 0.2) is 0 Å². The van der Waals surface area contributed by atoms with Crippen LogP contribution in [0.5, 0.6) is 5.75 Å². The summed E-state index contributed by atoms with van der Waals surface area (Å²) in [6.07, 6.45) is 12.9. The van der Waals surface area contributed by atoms with E-state index in [0.717, 1.165) is 29.9 Å². The highest BCUT2D eigenvalue weighted by atomic mass is 16.5. The van der Waals surface area contributed by atoms with E-state index in [-0.39, 0.29) is 6.61 Å². The third-order valence-electron chi connectivity index (χ3n) is 8.84. The van der Waals surface area contributed by atoms with Crippen LogP contribution in [0.1, 0.15) is 81.8 Å². The number of methoxy groups -OCH3 is 1. The first-order valence-corrected chi connectivity index (χ1v) is 16.4. The van der Waals surface area contributed by atoms with Crippen LogP contribution in [0.2, 0.25) is 0 Å². The largest absolute Gasteiger partial charge is 0.462 e. The van der Waals surface area contributed by atoms with Crippen molar-refractivity contribution in [3.05, 3.63) is 103 Å². The van der Waals surface area contributed by atoms with Crippen LogP contribution < -0.4 is 4.74 Å². The maximum absolute atomic E-state index is 12.0. The van der Waals surface area contributed by atoms with Crippen LogP contribution >= 0.6 is 0 Å². The molecule has 0 N–H and O–H groups in total. The minimum atomic E-state index is -0.434. The Morgan fingerprint density at radius 3 is 2.18 bits per heavy atom. The van der Waals surface area contributed by atoms with E-state index in [0.29, 0.717) is 23.8 Å². The molecule has 0 heterocycles. The van der Waals surface area contributed by atoms with E-state index in [2.05, 4.69) is 80.7 Å². The zero-order valence-corrected chi connectivity index (χ0v) is 27.0. The summed E-state index contributed by atoms with van der Waals surface area (Å²) in [6, 6.07) is 23.4. The molecule has 238 valence electrons. The van der Waals surface area contributed by atoms with Crippen LogP contribution in [-0.4, -0.2) is 32.3 Å². The van der Waals surface area contributed by atoms with Gasteiger partial charge in [0.25, 0.3) is 0 Å². The maximum atomic E-state index is 12.0. The molecule has 0 aromatic heterocycles. The third-order valence-corrected chi connectivity index (χ3v) is 8.84. The summed E-state index contributed by atoms with van der Waals surface area (Å²) >= 11 is 0. The topological polar surface area (TPSA) is 61.8 Å². The van der Waals surface area contributed by atoms with E-state index < -0.39 is 11.9 Å². The molecule has 4 rings (SSSR count). The summed E-state index contributed by atoms with van der Waals surface area (Å²) in [4.78, 5) is 23.8. The molecule has 1 saturated carbocycles. The van der Waals surface area contributed by atoms with Crippen molar-refractivity contribution in [1.82, 2.24) is 0 Å². The van der Waals surface area contributed by atoms with Gasteiger partial charge < -0.3 is 14.2 Å². The summed E-state index contributed by atoms with van der Waals surface area (Å²) in [5.74, 6) is 1.02. The smallest absolute Gasteiger partial charge is 0.335 e. The van der Waals surface area contributed by atoms with Crippen molar-refractivity contribution in [3.8, 4) is 28.0 Å². The average Bonchev–Trinajstić information content (AvgIpc) is 3.07. The zero-order valence-electron chi connectivity index (χ0n) is 27.0. The molecule has 1 fully saturated rings. The quantitative estimate of drug-likeness (QED) is 0.0701. The molecule has 0 spiro atoms. The first-order chi connectivity index (χ1) is 21.9. The lowest BCUT2D eigenvalue weighted by atomic mass is 9.75. The highest BCUT2D eigenvalue weighted by Crippen LogP contribution is 2.43. The lowest BCUT2D eigenvalue weighted by molar-refractivity contribution is -0.139. The number of rotatable bonds is 16. The Morgan fingerprint density at radius 2 is 1.53 bits per heavy atom. The van der Waals surface area contributed by atoms with Crippen molar-refractivity contribution in [2.75, 3.05) is 20.3 Å². The molecule has 0 radical (unpaired) electrons. The monoisotopic (exact) mass is 608 g/mol. The number of ether oxygens (including phenoxy) is 3. The van der Waals surface area contributed by atoms with E-state index in [9.17, 15) is 9.59 Å². The summed E-state index contributed by atoms with van der Waals surface area (Å²) in [5.41, 5.74) is 7.47. The molecule has 0 atom stereocenters. The first kappa shape index (κ1) is 33.9. The molecular formula is C40H48O5. The Hall–Kier alpha value is -3.96. The Kier molecular flexibility index (Phi) is 13.2. The van der Waals surface area contributed by atoms with Crippen LogP contribution in [-0.2, 0) is 25.5 Å². The lowest BCUT2D eigenvalue weighted by Gasteiger charge is -2.30. The van der Waals surface area contributed by atoms with Crippen LogP contribution in [0.3, 0.4) is 0 Å². The molecule has 1 aliphatic carbocycles. The van der Waals surface area contributed by atoms with E-state index in [1.165, 1.54) is 86.8 Å². The molecule has 45 heavy (non-hydrogen) atoms. The lowest BCUT2D eigenvalue weighted by Crippen LogP contribution is -2.14. The van der Waals surface area contributed by atoms with Crippen molar-refractivity contribution >= 4 is 11.9 Å². The molecular weight excluding hydrogens is 560 g/mol. The molecule has 0 saturated heterocycles. The number of carbonyl (C=O) groups is 2. The molecule has 5 nitrogen and oxygen atoms in total. The molecule has 1 aliphatic rings. The predicted molar refractivity (Wildman–Crippen MR) is 182 cm³/mol. The van der Waals surface area contributed by atoms with Gasteiger partial charge in [-0.15, -0.1) is 0 Å². The Balaban J connectivity index is 1.42. The molecule has 3 aromatic rings. The second-order valence-electron chi connectivity index (χ2n) is 12.1. The maximum Gasteiger partial charge on any atom is 0.335 e. The van der Waals surface area contributed by atoms with Gasteiger partial charge >= 0.3 is 11.9 Å². The van der Waals surface area contributed by atoms with Crippen molar-refractivity contribution in [2.45, 2.75) is 77.0 Å². The fraction of sp³-hybridized carbons (Fsp3) is 0.400. The summed E-state index contributed by atoms with van der Waals surface area (Å²) in [7, 11) is 1.53. The van der Waals surface area contributed by atoms with Gasteiger partial charge in [0.2, 0.25) is 0 Å². The van der Waals surface area contributed by atoms with Gasteiger partial charge in [0.1, 0.15) is 5.75 Å². The van der Waals surface area contributed by atoms with Crippen molar-refractivity contribution in [3.63, 3.8) is 0 Å². The first-order valence-electron chi connectivity index (χ1n) is 16.4. The number of hydrogen-bond acceptors (Lipinski definition) is 5. The van der Waals surface area contributed by atoms with Gasteiger partial charge in [-0.3, -0.25) is 0 Å². The molecule has 0 bridgehead atoms. The van der Waals surface area contributed by atoms with E-state index in [4.69, 9.17) is 14.2 Å². The van der Waals surface area contributed by atoms with Gasteiger partial charge in [0, 0.05) is 13.2 Å². The van der Waals surface area contributed by atoms with Gasteiger partial charge in [-0.1, -0.05) is 100 Å². The SMILES string of the molecule is C=CC(=O)Oc1ccc(-c2ccc(-c3ccc(CCCOC(=O)C(=C)COC)cc3)cc2)c(C2CCC(CCCCC)CC2)c1. The van der Waals surface area contributed by atoms with Gasteiger partial charge in [-0.25, -0.2) is 9.59 Å². The van der Waals surface area contributed by atoms with E-state index in [1.54, 1.807) is 0 Å². The number of unbranched alkanes of at least 4 members (excludes halogenated alkanes) is 2. The molecule has 0 unspecified atom stereocenters. The number of benzene rings is 3. The number of aryl methyl sites for hydroxylation is 1. The van der Waals surface area contributed by atoms with E-state index >= 15 is 0 Å². The Labute approximate surface area is 269 Å². The fourth-order valence-corrected chi connectivity index (χ4v) is 6.29. The predicted octanol–water partition coefficient (Wildman–Crippen LogP) is 9.64. The van der Waals surface area contributed by atoms with Gasteiger partial charge in [0.05, 0.1) is 18.8 Å². The van der Waals surface area contributed by atoms with Crippen LogP contribution in [0.4, 0.5) is 0 Å². The molecule has 3 aromatic carbocycles. The van der Waals surface area contributed by atoms with Crippen molar-refractivity contribution in [1.29, 1.82) is 0 Å². The summed E-state index contributed by atoms with van der Waals surface area (Å²) in [6.45, 7) is 10.0. The number of esters is 2. The fourth-order valence-electron chi connectivity index (χ4n) is 6.29. The molecule has 5 heteroatoms. The standard InChI is InChI=1S/C40H48O5/c1-5-7-8-10-30-14-18-35(19-15-30)38-27-36(45-39(41)6-2)24-25-37(38)34-22-20-33(21-23-34)32-16-12-31(13-17-32)11-9-26-44-40(42)29(3)28-43-4/h6,12-13,16-17,20-25,27,30,35H,2-3,5,7-11,14-15,18-19,26,28H2,1,4H3. The van der Waals surface area contributed by atoms with Gasteiger partial charge in [-0.05, 0) is 95.9 Å². The summed E-state index contributed by atoms with van der Waals surface area (Å²) in [5, 5.41) is 0. The minimum Gasteiger partial charge on any atom is -0.462 e. The second kappa shape index (κ2) is 17.5. The normalized spacial score (nSPS) is 16.1. The highest BCUT2D eigenvalue weighted by molar-refractivity contribution is 5.88. The van der Waals surface area contributed by atoms with E-state index in [1.807, 2.05) is 6.07 Å². The number of carbonyl (C=O) groups excluding carboxylic acids is 2. The van der Waals surface area contributed by atoms with Crippen LogP contribution in [0.25, 0.3) is 22.3 Å². The molecule has 0 aliphatic heterocycles. The average molecular weight is 609 g/mol. The Bertz CT molecular complexity index is 1410. The van der Waals surface area contributed by atoms with Crippen LogP contribution in [0.15, 0.2) is 91.5 Å². The van der Waals surface area contributed by atoms with Crippen molar-refractivity contribution in [2.24, 2.45) is 5.92 Å². The van der Waals surface area contributed by atoms with Gasteiger partial charge in [-0.2, -0.15) is 0 Å². The summed E-state index contributed by atoms with van der Waals surface area (Å²) < 4.78 is 15.7. The molecule has 0 amide bonds. The number of hydrogen-bond donors (Lipinski definition) is 0. The highest BCUT2D eigenvalue weighted by Gasteiger charge is 2.25. The minimum absolute atomic E-state index is 0.183. The van der Waals surface area contributed by atoms with Crippen LogP contribution in [0, 0.1) is 5.92 Å².